The number of benzene rings is 8. The van der Waals surface area contributed by atoms with Gasteiger partial charge in [-0.15, -0.1) is 0 Å². The molecule has 0 aromatic heterocycles. The Bertz CT molecular complexity index is 2630. The van der Waals surface area contributed by atoms with Gasteiger partial charge in [0, 0.05) is 22.3 Å². The molecule has 0 amide bonds. The molecule has 8 aromatic carbocycles. The smallest absolute Gasteiger partial charge is 0.196 e. The van der Waals surface area contributed by atoms with Crippen LogP contribution in [0.3, 0.4) is 0 Å². The van der Waals surface area contributed by atoms with Gasteiger partial charge in [-0.05, 0) is 93.2 Å². The summed E-state index contributed by atoms with van der Waals surface area (Å²) in [5, 5.41) is 4.61. The van der Waals surface area contributed by atoms with Gasteiger partial charge in [0.1, 0.15) is 0 Å². The Kier molecular flexibility index (Phi) is 10.9. The maximum absolute atomic E-state index is 15.3. The molecule has 0 spiro atoms. The highest BCUT2D eigenvalue weighted by Crippen LogP contribution is 2.52. The molecule has 0 aliphatic carbocycles. The first-order valence-electron chi connectivity index (χ1n) is 19.2. The third-order valence-corrected chi connectivity index (χ3v) is 15.2. The summed E-state index contributed by atoms with van der Waals surface area (Å²) in [6, 6.07) is 53.3. The minimum Gasteiger partial charge on any atom is -0.288 e. The van der Waals surface area contributed by atoms with Crippen molar-refractivity contribution in [3.63, 3.8) is 0 Å². The maximum atomic E-state index is 15.3. The third kappa shape index (κ3) is 7.05. The third-order valence-electron chi connectivity index (χ3n) is 10.9. The zero-order valence-electron chi connectivity index (χ0n) is 32.7. The van der Waals surface area contributed by atoms with E-state index in [1.165, 1.54) is 0 Å². The van der Waals surface area contributed by atoms with Crippen LogP contribution in [0.2, 0.25) is 0 Å². The summed E-state index contributed by atoms with van der Waals surface area (Å²) in [5.74, 6) is 0. The Labute approximate surface area is 341 Å². The molecule has 282 valence electrons. The van der Waals surface area contributed by atoms with E-state index in [1.807, 2.05) is 173 Å². The standard InChI is InChI=1S/C52H40O4P2/c1-33-17-5-11-23-39(33)49(53)57(50(54)40-24-12-6-18-34(40)2)45-31-29-37-21-9-15-27-43(37)47(45)48-44-28-16-10-22-38(44)30-32-46(48)58(51(55)41-25-13-7-19-35(41)3)52(56)42-26-14-8-20-36(42)4/h5-32H,1-4H3. The molecule has 8 aromatic rings. The van der Waals surface area contributed by atoms with Crippen LogP contribution in [0.15, 0.2) is 170 Å². The van der Waals surface area contributed by atoms with E-state index in [0.717, 1.165) is 43.8 Å². The quantitative estimate of drug-likeness (QED) is 0.122. The lowest BCUT2D eigenvalue weighted by Gasteiger charge is -2.26. The molecular formula is C52H40O4P2. The zero-order chi connectivity index (χ0) is 40.5. The number of carbonyl (C=O) groups excluding carboxylic acids is 4. The zero-order valence-corrected chi connectivity index (χ0v) is 34.5. The number of aryl methyl sites for hydroxylation is 4. The number of rotatable bonds is 11. The van der Waals surface area contributed by atoms with E-state index >= 15 is 19.2 Å². The summed E-state index contributed by atoms with van der Waals surface area (Å²) < 4.78 is 0. The van der Waals surface area contributed by atoms with Crippen molar-refractivity contribution in [2.75, 3.05) is 0 Å². The van der Waals surface area contributed by atoms with E-state index in [1.54, 1.807) is 24.3 Å². The fraction of sp³-hybridized carbons (Fsp3) is 0.0769. The maximum Gasteiger partial charge on any atom is 0.196 e. The van der Waals surface area contributed by atoms with Crippen molar-refractivity contribution >= 4 is 70.1 Å². The van der Waals surface area contributed by atoms with Crippen LogP contribution in [0, 0.1) is 27.7 Å². The second kappa shape index (κ2) is 16.4. The van der Waals surface area contributed by atoms with Crippen molar-refractivity contribution in [1.82, 2.24) is 0 Å². The minimum absolute atomic E-state index is 0.256. The number of hydrogen-bond donors (Lipinski definition) is 0. The second-order valence-corrected chi connectivity index (χ2v) is 18.4. The summed E-state index contributed by atoms with van der Waals surface area (Å²) in [6.07, 6.45) is 0. The number of fused-ring (bicyclic) bond motifs is 2. The molecule has 0 aliphatic rings. The molecule has 0 N–H and O–H groups in total. The van der Waals surface area contributed by atoms with E-state index in [-0.39, 0.29) is 22.1 Å². The molecule has 6 heteroatoms. The average molecular weight is 791 g/mol. The van der Waals surface area contributed by atoms with E-state index in [2.05, 4.69) is 0 Å². The van der Waals surface area contributed by atoms with Crippen LogP contribution < -0.4 is 10.6 Å². The van der Waals surface area contributed by atoms with Crippen molar-refractivity contribution in [2.24, 2.45) is 0 Å². The van der Waals surface area contributed by atoms with Gasteiger partial charge in [-0.1, -0.05) is 170 Å². The normalized spacial score (nSPS) is 11.3. The highest BCUT2D eigenvalue weighted by molar-refractivity contribution is 7.97. The van der Waals surface area contributed by atoms with Crippen LogP contribution in [-0.4, -0.2) is 22.1 Å². The lowest BCUT2D eigenvalue weighted by Crippen LogP contribution is -2.23. The molecule has 0 aliphatic heterocycles. The highest BCUT2D eigenvalue weighted by Gasteiger charge is 2.38. The molecule has 0 atom stereocenters. The molecule has 8 rings (SSSR count). The lowest BCUT2D eigenvalue weighted by molar-refractivity contribution is 0.103. The molecular weight excluding hydrogens is 751 g/mol. The Morgan fingerprint density at radius 2 is 0.569 bits per heavy atom. The van der Waals surface area contributed by atoms with Gasteiger partial charge in [-0.2, -0.15) is 0 Å². The first kappa shape index (κ1) is 38.7. The molecule has 0 saturated heterocycles. The molecule has 0 radical (unpaired) electrons. The van der Waals surface area contributed by atoms with E-state index < -0.39 is 15.8 Å². The van der Waals surface area contributed by atoms with Gasteiger partial charge in [0.05, 0.1) is 15.8 Å². The molecule has 0 saturated carbocycles. The van der Waals surface area contributed by atoms with E-state index in [9.17, 15) is 0 Å². The summed E-state index contributed by atoms with van der Waals surface area (Å²) in [5.41, 5.74) is 5.40. The molecule has 4 nitrogen and oxygen atoms in total. The fourth-order valence-electron chi connectivity index (χ4n) is 7.77. The van der Waals surface area contributed by atoms with Crippen molar-refractivity contribution < 1.29 is 19.2 Å². The second-order valence-electron chi connectivity index (χ2n) is 14.5. The van der Waals surface area contributed by atoms with Crippen LogP contribution in [-0.2, 0) is 0 Å². The summed E-state index contributed by atoms with van der Waals surface area (Å²) in [6.45, 7) is 7.57. The number of carbonyl (C=O) groups is 4. The average Bonchev–Trinajstić information content (AvgIpc) is 3.24. The van der Waals surface area contributed by atoms with Crippen molar-refractivity contribution in [3.8, 4) is 11.1 Å². The van der Waals surface area contributed by atoms with Crippen LogP contribution in [0.4, 0.5) is 0 Å². The summed E-state index contributed by atoms with van der Waals surface area (Å²) >= 11 is 0. The van der Waals surface area contributed by atoms with Gasteiger partial charge in [0.2, 0.25) is 0 Å². The molecule has 0 bridgehead atoms. The van der Waals surface area contributed by atoms with Crippen LogP contribution in [0.25, 0.3) is 32.7 Å². The van der Waals surface area contributed by atoms with E-state index in [0.29, 0.717) is 44.0 Å². The SMILES string of the molecule is Cc1ccccc1C(=O)P(C(=O)c1ccccc1C)c1ccc2ccccc2c1-c1c(P(C(=O)c2ccccc2C)C(=O)c2ccccc2C)ccc2ccccc12. The first-order chi connectivity index (χ1) is 28.2. The van der Waals surface area contributed by atoms with Gasteiger partial charge in [0.25, 0.3) is 0 Å². The van der Waals surface area contributed by atoms with Gasteiger partial charge in [-0.25, -0.2) is 0 Å². The van der Waals surface area contributed by atoms with Crippen LogP contribution in [0.5, 0.6) is 0 Å². The molecule has 0 fully saturated rings. The van der Waals surface area contributed by atoms with Crippen molar-refractivity contribution in [1.29, 1.82) is 0 Å². The Hall–Kier alpha value is -6.18. The van der Waals surface area contributed by atoms with E-state index in [4.69, 9.17) is 0 Å². The largest absolute Gasteiger partial charge is 0.288 e. The highest BCUT2D eigenvalue weighted by atomic mass is 31.1. The lowest BCUT2D eigenvalue weighted by atomic mass is 9.93. The summed E-state index contributed by atoms with van der Waals surface area (Å²) in [4.78, 5) is 61.0. The molecule has 0 unspecified atom stereocenters. The Balaban J connectivity index is 1.51. The fourth-order valence-corrected chi connectivity index (χ4v) is 12.3. The van der Waals surface area contributed by atoms with Crippen LogP contribution in [0.1, 0.15) is 63.7 Å². The van der Waals surface area contributed by atoms with Gasteiger partial charge in [-0.3, -0.25) is 19.2 Å². The Morgan fingerprint density at radius 1 is 0.310 bits per heavy atom. The monoisotopic (exact) mass is 790 g/mol. The predicted octanol–water partition coefficient (Wildman–Crippen LogP) is 12.5. The van der Waals surface area contributed by atoms with Crippen molar-refractivity contribution in [2.45, 2.75) is 27.7 Å². The minimum atomic E-state index is -2.24. The van der Waals surface area contributed by atoms with Gasteiger partial charge in [0.15, 0.2) is 22.1 Å². The molecule has 0 heterocycles. The van der Waals surface area contributed by atoms with Gasteiger partial charge < -0.3 is 0 Å². The Morgan fingerprint density at radius 3 is 0.862 bits per heavy atom. The van der Waals surface area contributed by atoms with Crippen molar-refractivity contribution in [3.05, 3.63) is 214 Å². The van der Waals surface area contributed by atoms with Crippen LogP contribution >= 0.6 is 15.8 Å². The summed E-state index contributed by atoms with van der Waals surface area (Å²) in [7, 11) is -4.47. The molecule has 58 heavy (non-hydrogen) atoms. The topological polar surface area (TPSA) is 68.3 Å². The first-order valence-corrected chi connectivity index (χ1v) is 21.9. The van der Waals surface area contributed by atoms with Gasteiger partial charge >= 0.3 is 0 Å². The number of hydrogen-bond acceptors (Lipinski definition) is 4. The predicted molar refractivity (Wildman–Crippen MR) is 242 cm³/mol.